The maximum atomic E-state index is 11.0. The van der Waals surface area contributed by atoms with E-state index in [0.717, 1.165) is 44.4 Å². The first-order valence-electron chi connectivity index (χ1n) is 10.4. The van der Waals surface area contributed by atoms with E-state index in [-0.39, 0.29) is 12.1 Å². The summed E-state index contributed by atoms with van der Waals surface area (Å²) in [6, 6.07) is 3.81. The number of ether oxygens (including phenoxy) is 1. The van der Waals surface area contributed by atoms with Crippen LogP contribution in [0.15, 0.2) is 24.3 Å². The molecule has 3 atom stereocenters. The first kappa shape index (κ1) is 27.7. The molecule has 1 aliphatic carbocycles. The van der Waals surface area contributed by atoms with E-state index in [9.17, 15) is 4.79 Å². The Kier molecular flexibility index (Phi) is 16.8. The molecule has 1 N–H and O–H groups in total. The Hall–Kier alpha value is -1.28. The van der Waals surface area contributed by atoms with E-state index in [0.29, 0.717) is 10.3 Å². The van der Waals surface area contributed by atoms with E-state index in [1.54, 1.807) is 0 Å². The summed E-state index contributed by atoms with van der Waals surface area (Å²) < 4.78 is 4.60. The van der Waals surface area contributed by atoms with Crippen molar-refractivity contribution in [1.29, 1.82) is 0 Å². The first-order valence-corrected chi connectivity index (χ1v) is 11.7. The minimum atomic E-state index is -0.234. The Morgan fingerprint density at radius 3 is 2.66 bits per heavy atom. The highest BCUT2D eigenvalue weighted by Gasteiger charge is 2.20. The zero-order chi connectivity index (χ0) is 22.1. The maximum absolute atomic E-state index is 11.0. The average molecular weight is 441 g/mol. The van der Waals surface area contributed by atoms with Gasteiger partial charge in [0.2, 0.25) is 0 Å². The zero-order valence-electron chi connectivity index (χ0n) is 18.1. The van der Waals surface area contributed by atoms with E-state index < -0.39 is 0 Å². The smallest absolute Gasteiger partial charge is 0.348 e. The summed E-state index contributed by atoms with van der Waals surface area (Å²) in [7, 11) is 1.40. The molecule has 0 spiro atoms. The van der Waals surface area contributed by atoms with Crippen LogP contribution in [-0.4, -0.2) is 29.7 Å². The number of aryl methyl sites for hydroxylation is 1. The molecule has 0 bridgehead atoms. The van der Waals surface area contributed by atoms with Gasteiger partial charge in [0.15, 0.2) is 0 Å². The van der Waals surface area contributed by atoms with Crippen molar-refractivity contribution >= 4 is 28.9 Å². The number of allylic oxidation sites excluding steroid dienone is 2. The first-order chi connectivity index (χ1) is 14.0. The number of hydrogen-bond donors (Lipinski definition) is 1. The topological polar surface area (TPSA) is 46.5 Å². The van der Waals surface area contributed by atoms with Crippen LogP contribution in [0.3, 0.4) is 0 Å². The largest absolute Gasteiger partial charge is 0.465 e. The van der Waals surface area contributed by atoms with Crippen molar-refractivity contribution in [2.45, 2.75) is 83.1 Å². The SMILES string of the molecule is C#C.CCCc1ccc(C(=O)OC)s1.C[C@@H](O)CCCC/C=C/[C@H]1CC[C@@H](Cl)C1. The summed E-state index contributed by atoms with van der Waals surface area (Å²) in [6.07, 6.45) is 22.7. The molecule has 164 valence electrons. The van der Waals surface area contributed by atoms with Crippen LogP contribution in [0, 0.1) is 18.8 Å². The fourth-order valence-electron chi connectivity index (χ4n) is 3.09. The predicted octanol–water partition coefficient (Wildman–Crippen LogP) is 6.63. The number of terminal acetylenes is 1. The lowest BCUT2D eigenvalue weighted by atomic mass is 10.1. The van der Waals surface area contributed by atoms with Crippen LogP contribution in [0.5, 0.6) is 0 Å². The number of hydrogen-bond acceptors (Lipinski definition) is 4. The molecule has 1 aromatic rings. The monoisotopic (exact) mass is 440 g/mol. The quantitative estimate of drug-likeness (QED) is 0.154. The number of halogens is 1. The number of esters is 1. The number of unbranched alkanes of at least 4 members (excludes halogenated alkanes) is 2. The van der Waals surface area contributed by atoms with Crippen molar-refractivity contribution in [3.8, 4) is 12.8 Å². The van der Waals surface area contributed by atoms with Crippen molar-refractivity contribution in [2.75, 3.05) is 7.11 Å². The second-order valence-corrected chi connectivity index (χ2v) is 9.03. The van der Waals surface area contributed by atoms with Crippen molar-refractivity contribution in [3.63, 3.8) is 0 Å². The molecule has 0 unspecified atom stereocenters. The molecule has 29 heavy (non-hydrogen) atoms. The Morgan fingerprint density at radius 1 is 1.38 bits per heavy atom. The van der Waals surface area contributed by atoms with Crippen molar-refractivity contribution in [2.24, 2.45) is 5.92 Å². The van der Waals surface area contributed by atoms with E-state index in [1.165, 1.54) is 42.6 Å². The van der Waals surface area contributed by atoms with Crippen LogP contribution in [-0.2, 0) is 11.2 Å². The molecule has 3 nitrogen and oxygen atoms in total. The summed E-state index contributed by atoms with van der Waals surface area (Å²) in [6.45, 7) is 3.98. The van der Waals surface area contributed by atoms with Gasteiger partial charge in [0.1, 0.15) is 4.88 Å². The van der Waals surface area contributed by atoms with Gasteiger partial charge in [-0.2, -0.15) is 0 Å². The zero-order valence-corrected chi connectivity index (χ0v) is 19.7. The second-order valence-electron chi connectivity index (χ2n) is 7.24. The molecule has 0 amide bonds. The van der Waals surface area contributed by atoms with E-state index in [2.05, 4.69) is 36.7 Å². The van der Waals surface area contributed by atoms with Crippen molar-refractivity contribution in [3.05, 3.63) is 34.0 Å². The number of carbonyl (C=O) groups excluding carboxylic acids is 1. The van der Waals surface area contributed by atoms with Gasteiger partial charge in [0.05, 0.1) is 13.2 Å². The number of rotatable bonds is 9. The molecule has 1 fully saturated rings. The lowest BCUT2D eigenvalue weighted by Gasteiger charge is -2.03. The fraction of sp³-hybridized carbons (Fsp3) is 0.625. The van der Waals surface area contributed by atoms with E-state index in [1.807, 2.05) is 19.1 Å². The van der Waals surface area contributed by atoms with Crippen LogP contribution in [0.1, 0.15) is 79.8 Å². The summed E-state index contributed by atoms with van der Waals surface area (Å²) in [4.78, 5) is 13.0. The van der Waals surface area contributed by atoms with Crippen LogP contribution < -0.4 is 0 Å². The standard InChI is InChI=1S/C13H23ClO.C9H12O2S.C2H2/c1-11(15)6-4-2-3-5-7-12-8-9-13(14)10-12;1-3-4-7-5-6-8(12-7)9(10)11-2;1-2/h5,7,11-13,15H,2-4,6,8-10H2,1H3;5-6H,3-4H2,1-2H3;1-2H/b7-5+;;/t11-,12+,13-;;/m1../s1. The molecule has 1 saturated carbocycles. The third-order valence-corrected chi connectivity index (χ3v) is 6.13. The van der Waals surface area contributed by atoms with Gasteiger partial charge in [-0.3, -0.25) is 0 Å². The number of aliphatic hydroxyl groups excluding tert-OH is 1. The van der Waals surface area contributed by atoms with Gasteiger partial charge in [-0.25, -0.2) is 4.79 Å². The predicted molar refractivity (Wildman–Crippen MR) is 126 cm³/mol. The Labute approximate surface area is 186 Å². The number of aliphatic hydroxyl groups is 1. The molecule has 1 heterocycles. The highest BCUT2D eigenvalue weighted by molar-refractivity contribution is 7.13. The normalized spacial score (nSPS) is 19.0. The minimum Gasteiger partial charge on any atom is -0.465 e. The van der Waals surface area contributed by atoms with Gasteiger partial charge in [-0.15, -0.1) is 35.8 Å². The Morgan fingerprint density at radius 2 is 2.10 bits per heavy atom. The third kappa shape index (κ3) is 13.5. The molecular formula is C24H37ClO3S. The molecule has 0 aromatic carbocycles. The summed E-state index contributed by atoms with van der Waals surface area (Å²) in [5, 5.41) is 9.49. The van der Waals surface area contributed by atoms with Gasteiger partial charge in [-0.1, -0.05) is 31.9 Å². The number of thiophene rings is 1. The van der Waals surface area contributed by atoms with Gasteiger partial charge >= 0.3 is 5.97 Å². The lowest BCUT2D eigenvalue weighted by molar-refractivity contribution is 0.0606. The van der Waals surface area contributed by atoms with E-state index >= 15 is 0 Å². The van der Waals surface area contributed by atoms with Crippen LogP contribution in [0.2, 0.25) is 0 Å². The van der Waals surface area contributed by atoms with Gasteiger partial charge in [0, 0.05) is 10.3 Å². The van der Waals surface area contributed by atoms with Crippen molar-refractivity contribution < 1.29 is 14.6 Å². The molecule has 0 saturated heterocycles. The molecular weight excluding hydrogens is 404 g/mol. The number of methoxy groups -OCH3 is 1. The maximum Gasteiger partial charge on any atom is 0.348 e. The van der Waals surface area contributed by atoms with Crippen LogP contribution >= 0.6 is 22.9 Å². The molecule has 0 aliphatic heterocycles. The number of carbonyl (C=O) groups is 1. The second kappa shape index (κ2) is 17.6. The van der Waals surface area contributed by atoms with Crippen LogP contribution in [0.25, 0.3) is 0 Å². The number of alkyl halides is 1. The molecule has 2 rings (SSSR count). The van der Waals surface area contributed by atoms with Gasteiger partial charge in [-0.05, 0) is 69.9 Å². The lowest BCUT2D eigenvalue weighted by Crippen LogP contribution is -1.97. The van der Waals surface area contributed by atoms with Crippen LogP contribution in [0.4, 0.5) is 0 Å². The average Bonchev–Trinajstić information content (AvgIpc) is 3.35. The van der Waals surface area contributed by atoms with Gasteiger partial charge < -0.3 is 9.84 Å². The summed E-state index contributed by atoms with van der Waals surface area (Å²) in [5.74, 6) is 0.492. The Balaban J connectivity index is 0.000000508. The molecule has 5 heteroatoms. The van der Waals surface area contributed by atoms with Crippen molar-refractivity contribution in [1.82, 2.24) is 0 Å². The molecule has 1 aromatic heterocycles. The fourth-order valence-corrected chi connectivity index (χ4v) is 4.48. The molecule has 0 radical (unpaired) electrons. The van der Waals surface area contributed by atoms with E-state index in [4.69, 9.17) is 16.7 Å². The highest BCUT2D eigenvalue weighted by Crippen LogP contribution is 2.30. The minimum absolute atomic E-state index is 0.138. The third-order valence-electron chi connectivity index (χ3n) is 4.60. The van der Waals surface area contributed by atoms with Gasteiger partial charge in [0.25, 0.3) is 0 Å². The molecule has 1 aliphatic rings. The summed E-state index contributed by atoms with van der Waals surface area (Å²) in [5.41, 5.74) is 0. The Bertz CT molecular complexity index is 592. The summed E-state index contributed by atoms with van der Waals surface area (Å²) >= 11 is 7.56. The highest BCUT2D eigenvalue weighted by atomic mass is 35.5.